The molecule has 0 saturated heterocycles. The molecule has 1 N–H and O–H groups in total. The molecule has 0 spiro atoms. The van der Waals surface area contributed by atoms with Crippen molar-refractivity contribution < 1.29 is 4.79 Å². The molecule has 6 heteroatoms. The molecule has 23 heavy (non-hydrogen) atoms. The summed E-state index contributed by atoms with van der Waals surface area (Å²) < 4.78 is 1.81. The van der Waals surface area contributed by atoms with Crippen LogP contribution in [-0.4, -0.2) is 15.3 Å². The van der Waals surface area contributed by atoms with Crippen molar-refractivity contribution in [3.8, 4) is 0 Å². The van der Waals surface area contributed by atoms with Gasteiger partial charge in [0.15, 0.2) is 0 Å². The highest BCUT2D eigenvalue weighted by Gasteiger charge is 2.16. The third kappa shape index (κ3) is 3.33. The quantitative estimate of drug-likeness (QED) is 0.772. The fourth-order valence-electron chi connectivity index (χ4n) is 2.52. The third-order valence-corrected chi connectivity index (χ3v) is 3.97. The van der Waals surface area contributed by atoms with E-state index in [1.807, 2.05) is 36.6 Å². The number of imidazole rings is 1. The molecule has 1 amide bonds. The molecule has 2 heterocycles. The average molecular weight is 348 g/mol. The molecule has 1 aromatic carbocycles. The first-order chi connectivity index (χ1) is 10.9. The van der Waals surface area contributed by atoms with E-state index in [4.69, 9.17) is 23.2 Å². The van der Waals surface area contributed by atoms with Crippen molar-refractivity contribution in [2.24, 2.45) is 0 Å². The Kier molecular flexibility index (Phi) is 4.28. The molecular weight excluding hydrogens is 333 g/mol. The van der Waals surface area contributed by atoms with E-state index < -0.39 is 0 Å². The summed E-state index contributed by atoms with van der Waals surface area (Å²) in [5.41, 5.74) is 3.89. The molecule has 118 valence electrons. The standard InChI is InChI=1S/C17H15Cl2N3O/c1-10-3-4-15-21-11(2)16(22(15)9-10)17(23)20-8-12-5-13(18)7-14(19)6-12/h3-7,9H,8H2,1-2H3,(H,20,23). The van der Waals surface area contributed by atoms with E-state index in [0.29, 0.717) is 28.0 Å². The van der Waals surface area contributed by atoms with Crippen LogP contribution in [0.4, 0.5) is 0 Å². The summed E-state index contributed by atoms with van der Waals surface area (Å²) in [4.78, 5) is 17.0. The fourth-order valence-corrected chi connectivity index (χ4v) is 3.09. The molecule has 3 rings (SSSR count). The van der Waals surface area contributed by atoms with Gasteiger partial charge >= 0.3 is 0 Å². The summed E-state index contributed by atoms with van der Waals surface area (Å²) in [6, 6.07) is 9.08. The zero-order chi connectivity index (χ0) is 16.6. The van der Waals surface area contributed by atoms with Crippen LogP contribution >= 0.6 is 23.2 Å². The van der Waals surface area contributed by atoms with Crippen LogP contribution in [0.3, 0.4) is 0 Å². The molecule has 0 unspecified atom stereocenters. The van der Waals surface area contributed by atoms with E-state index in [0.717, 1.165) is 16.8 Å². The fraction of sp³-hybridized carbons (Fsp3) is 0.176. The summed E-state index contributed by atoms with van der Waals surface area (Å²) in [6.45, 7) is 4.15. The second-order valence-corrected chi connectivity index (χ2v) is 6.31. The largest absolute Gasteiger partial charge is 0.347 e. The van der Waals surface area contributed by atoms with E-state index in [1.54, 1.807) is 18.2 Å². The average Bonchev–Trinajstić information content (AvgIpc) is 2.79. The van der Waals surface area contributed by atoms with E-state index in [9.17, 15) is 4.79 Å². The Morgan fingerprint density at radius 1 is 1.17 bits per heavy atom. The topological polar surface area (TPSA) is 46.4 Å². The molecule has 3 aromatic rings. The van der Waals surface area contributed by atoms with Crippen molar-refractivity contribution in [3.63, 3.8) is 0 Å². The van der Waals surface area contributed by atoms with Crippen molar-refractivity contribution in [1.82, 2.24) is 14.7 Å². The molecule has 0 saturated carbocycles. The monoisotopic (exact) mass is 347 g/mol. The number of pyridine rings is 1. The van der Waals surface area contributed by atoms with Crippen LogP contribution in [0.25, 0.3) is 5.65 Å². The number of aromatic nitrogens is 2. The van der Waals surface area contributed by atoms with Gasteiger partial charge in [-0.1, -0.05) is 29.3 Å². The normalized spacial score (nSPS) is 11.0. The molecule has 0 fully saturated rings. The summed E-state index contributed by atoms with van der Waals surface area (Å²) in [5.74, 6) is -0.184. The Morgan fingerprint density at radius 3 is 2.57 bits per heavy atom. The van der Waals surface area contributed by atoms with Crippen molar-refractivity contribution in [1.29, 1.82) is 0 Å². The van der Waals surface area contributed by atoms with Gasteiger partial charge in [0.05, 0.1) is 5.69 Å². The molecule has 0 radical (unpaired) electrons. The lowest BCUT2D eigenvalue weighted by Gasteiger charge is -2.07. The highest BCUT2D eigenvalue weighted by atomic mass is 35.5. The van der Waals surface area contributed by atoms with Gasteiger partial charge in [0, 0.05) is 22.8 Å². The van der Waals surface area contributed by atoms with Crippen LogP contribution < -0.4 is 5.32 Å². The van der Waals surface area contributed by atoms with E-state index in [-0.39, 0.29) is 5.91 Å². The van der Waals surface area contributed by atoms with Gasteiger partial charge in [0.2, 0.25) is 0 Å². The zero-order valence-electron chi connectivity index (χ0n) is 12.7. The summed E-state index contributed by atoms with van der Waals surface area (Å²) >= 11 is 11.9. The molecular formula is C17H15Cl2N3O. The SMILES string of the molecule is Cc1ccc2nc(C)c(C(=O)NCc3cc(Cl)cc(Cl)c3)n2c1. The van der Waals surface area contributed by atoms with Gasteiger partial charge in [0.25, 0.3) is 5.91 Å². The van der Waals surface area contributed by atoms with Crippen LogP contribution in [0, 0.1) is 13.8 Å². The van der Waals surface area contributed by atoms with Crippen LogP contribution in [-0.2, 0) is 6.54 Å². The first-order valence-electron chi connectivity index (χ1n) is 7.12. The third-order valence-electron chi connectivity index (χ3n) is 3.53. The summed E-state index contributed by atoms with van der Waals surface area (Å²) in [5, 5.41) is 3.98. The molecule has 0 bridgehead atoms. The first-order valence-corrected chi connectivity index (χ1v) is 7.88. The number of fused-ring (bicyclic) bond motifs is 1. The second-order valence-electron chi connectivity index (χ2n) is 5.44. The Hall–Kier alpha value is -2.04. The van der Waals surface area contributed by atoms with Gasteiger partial charge < -0.3 is 5.32 Å². The Bertz CT molecular complexity index is 882. The van der Waals surface area contributed by atoms with Gasteiger partial charge in [-0.3, -0.25) is 9.20 Å². The van der Waals surface area contributed by atoms with E-state index in [2.05, 4.69) is 10.3 Å². The smallest absolute Gasteiger partial charge is 0.270 e. The number of halogens is 2. The maximum Gasteiger partial charge on any atom is 0.270 e. The number of hydrogen-bond acceptors (Lipinski definition) is 2. The number of hydrogen-bond donors (Lipinski definition) is 1. The molecule has 4 nitrogen and oxygen atoms in total. The van der Waals surface area contributed by atoms with Gasteiger partial charge in [-0.15, -0.1) is 0 Å². The number of nitrogens with one attached hydrogen (secondary N) is 1. The number of aryl methyl sites for hydroxylation is 2. The van der Waals surface area contributed by atoms with Crippen molar-refractivity contribution in [2.75, 3.05) is 0 Å². The highest BCUT2D eigenvalue weighted by molar-refractivity contribution is 6.34. The minimum atomic E-state index is -0.184. The van der Waals surface area contributed by atoms with Crippen molar-refractivity contribution in [3.05, 3.63) is 69.1 Å². The Morgan fingerprint density at radius 2 is 1.87 bits per heavy atom. The predicted octanol–water partition coefficient (Wildman–Crippen LogP) is 4.19. The molecule has 2 aromatic heterocycles. The summed E-state index contributed by atoms with van der Waals surface area (Å²) in [7, 11) is 0. The molecule has 0 aliphatic carbocycles. The Labute approximate surface area is 144 Å². The number of nitrogens with zero attached hydrogens (tertiary/aromatic N) is 2. The second kappa shape index (κ2) is 6.22. The lowest BCUT2D eigenvalue weighted by Crippen LogP contribution is -2.25. The predicted molar refractivity (Wildman–Crippen MR) is 92.3 cm³/mol. The maximum atomic E-state index is 12.6. The molecule has 0 aliphatic heterocycles. The number of amides is 1. The number of carbonyl (C=O) groups is 1. The molecule has 0 atom stereocenters. The van der Waals surface area contributed by atoms with Crippen LogP contribution in [0.15, 0.2) is 36.5 Å². The maximum absolute atomic E-state index is 12.6. The van der Waals surface area contributed by atoms with Gasteiger partial charge in [-0.05, 0) is 49.2 Å². The van der Waals surface area contributed by atoms with Crippen LogP contribution in [0.1, 0.15) is 27.3 Å². The Balaban J connectivity index is 1.86. The van der Waals surface area contributed by atoms with Crippen molar-refractivity contribution >= 4 is 34.8 Å². The molecule has 0 aliphatic rings. The van der Waals surface area contributed by atoms with E-state index >= 15 is 0 Å². The minimum Gasteiger partial charge on any atom is -0.347 e. The lowest BCUT2D eigenvalue weighted by molar-refractivity contribution is 0.0944. The zero-order valence-corrected chi connectivity index (χ0v) is 14.2. The highest BCUT2D eigenvalue weighted by Crippen LogP contribution is 2.19. The van der Waals surface area contributed by atoms with Gasteiger partial charge in [-0.25, -0.2) is 4.98 Å². The van der Waals surface area contributed by atoms with Crippen molar-refractivity contribution in [2.45, 2.75) is 20.4 Å². The lowest BCUT2D eigenvalue weighted by atomic mass is 10.2. The first kappa shape index (κ1) is 15.8. The number of carbonyl (C=O) groups excluding carboxylic acids is 1. The van der Waals surface area contributed by atoms with Gasteiger partial charge in [0.1, 0.15) is 11.3 Å². The summed E-state index contributed by atoms with van der Waals surface area (Å²) in [6.07, 6.45) is 1.90. The van der Waals surface area contributed by atoms with Crippen LogP contribution in [0.5, 0.6) is 0 Å². The minimum absolute atomic E-state index is 0.184. The van der Waals surface area contributed by atoms with E-state index in [1.165, 1.54) is 0 Å². The number of benzene rings is 1. The number of rotatable bonds is 3. The van der Waals surface area contributed by atoms with Crippen LogP contribution in [0.2, 0.25) is 10.0 Å². The van der Waals surface area contributed by atoms with Gasteiger partial charge in [-0.2, -0.15) is 0 Å².